The summed E-state index contributed by atoms with van der Waals surface area (Å²) in [5.41, 5.74) is 4.23. The van der Waals surface area contributed by atoms with Crippen LogP contribution in [0.15, 0.2) is 85.1 Å². The van der Waals surface area contributed by atoms with E-state index in [0.717, 1.165) is 33.5 Å². The van der Waals surface area contributed by atoms with Gasteiger partial charge in [0.05, 0.1) is 17.8 Å². The van der Waals surface area contributed by atoms with Crippen LogP contribution in [0.3, 0.4) is 0 Å². The fourth-order valence-electron chi connectivity index (χ4n) is 2.77. The average Bonchev–Trinajstić information content (AvgIpc) is 2.67. The molecule has 0 aliphatic heterocycles. The maximum atomic E-state index is 4.83. The molecule has 3 heteroatoms. The molecule has 2 heterocycles. The van der Waals surface area contributed by atoms with Gasteiger partial charge in [0.2, 0.25) is 0 Å². The zero-order valence-corrected chi connectivity index (χ0v) is 13.2. The first kappa shape index (κ1) is 14.4. The summed E-state index contributed by atoms with van der Waals surface area (Å²) >= 11 is 0. The van der Waals surface area contributed by atoms with E-state index in [0.29, 0.717) is 6.54 Å². The van der Waals surface area contributed by atoms with Gasteiger partial charge in [0.25, 0.3) is 0 Å². The van der Waals surface area contributed by atoms with Crippen molar-refractivity contribution < 1.29 is 0 Å². The van der Waals surface area contributed by atoms with E-state index < -0.39 is 0 Å². The SMILES string of the molecule is c1ccc(-c2cc3ccccc3nc2NCc2ccccn2)cc1. The van der Waals surface area contributed by atoms with Gasteiger partial charge in [-0.3, -0.25) is 4.98 Å². The molecular formula is C21H17N3. The highest BCUT2D eigenvalue weighted by Crippen LogP contribution is 2.30. The monoisotopic (exact) mass is 311 g/mol. The summed E-state index contributed by atoms with van der Waals surface area (Å²) < 4.78 is 0. The van der Waals surface area contributed by atoms with E-state index in [9.17, 15) is 0 Å². The number of hydrogen-bond acceptors (Lipinski definition) is 3. The van der Waals surface area contributed by atoms with Gasteiger partial charge in [-0.2, -0.15) is 0 Å². The van der Waals surface area contributed by atoms with Gasteiger partial charge in [-0.05, 0) is 29.8 Å². The molecule has 4 rings (SSSR count). The van der Waals surface area contributed by atoms with Crippen molar-refractivity contribution in [3.05, 3.63) is 90.8 Å². The molecule has 0 unspecified atom stereocenters. The Bertz CT molecular complexity index is 950. The summed E-state index contributed by atoms with van der Waals surface area (Å²) in [5.74, 6) is 0.880. The molecule has 0 saturated carbocycles. The fourth-order valence-corrected chi connectivity index (χ4v) is 2.77. The van der Waals surface area contributed by atoms with Crippen LogP contribution in [0, 0.1) is 0 Å². The molecule has 0 atom stereocenters. The van der Waals surface area contributed by atoms with Crippen molar-refractivity contribution in [1.29, 1.82) is 0 Å². The molecule has 0 aliphatic carbocycles. The highest BCUT2D eigenvalue weighted by molar-refractivity contribution is 5.89. The van der Waals surface area contributed by atoms with E-state index in [1.807, 2.05) is 60.8 Å². The van der Waals surface area contributed by atoms with E-state index >= 15 is 0 Å². The number of hydrogen-bond donors (Lipinski definition) is 1. The standard InChI is InChI=1S/C21H17N3/c1-2-8-16(9-3-1)19-14-17-10-4-5-12-20(17)24-21(19)23-15-18-11-6-7-13-22-18/h1-14H,15H2,(H,23,24). The Morgan fingerprint density at radius 2 is 1.58 bits per heavy atom. The van der Waals surface area contributed by atoms with Gasteiger partial charge < -0.3 is 5.32 Å². The van der Waals surface area contributed by atoms with Gasteiger partial charge in [0.1, 0.15) is 5.82 Å². The van der Waals surface area contributed by atoms with Crippen LogP contribution < -0.4 is 5.32 Å². The number of para-hydroxylation sites is 1. The minimum absolute atomic E-state index is 0.645. The van der Waals surface area contributed by atoms with Crippen LogP contribution in [0.25, 0.3) is 22.0 Å². The van der Waals surface area contributed by atoms with Crippen molar-refractivity contribution in [3.8, 4) is 11.1 Å². The molecule has 1 N–H and O–H groups in total. The molecule has 0 fully saturated rings. The van der Waals surface area contributed by atoms with E-state index in [2.05, 4.69) is 34.6 Å². The molecule has 0 radical (unpaired) electrons. The third kappa shape index (κ3) is 2.97. The van der Waals surface area contributed by atoms with Crippen molar-refractivity contribution in [1.82, 2.24) is 9.97 Å². The molecule has 0 bridgehead atoms. The third-order valence-electron chi connectivity index (χ3n) is 3.97. The van der Waals surface area contributed by atoms with Gasteiger partial charge in [-0.1, -0.05) is 54.6 Å². The molecule has 0 amide bonds. The molecule has 0 aliphatic rings. The lowest BCUT2D eigenvalue weighted by molar-refractivity contribution is 1.03. The van der Waals surface area contributed by atoms with Gasteiger partial charge in [-0.25, -0.2) is 4.98 Å². The molecule has 2 aromatic heterocycles. The summed E-state index contributed by atoms with van der Waals surface area (Å²) in [4.78, 5) is 9.20. The van der Waals surface area contributed by atoms with E-state index in [1.165, 1.54) is 0 Å². The maximum Gasteiger partial charge on any atom is 0.134 e. The maximum absolute atomic E-state index is 4.83. The number of anilines is 1. The average molecular weight is 311 g/mol. The summed E-state index contributed by atoms with van der Waals surface area (Å²) in [7, 11) is 0. The van der Waals surface area contributed by atoms with Crippen LogP contribution in [-0.2, 0) is 6.54 Å². The molecule has 2 aromatic carbocycles. The second-order valence-corrected chi connectivity index (χ2v) is 5.62. The minimum atomic E-state index is 0.645. The predicted octanol–water partition coefficient (Wildman–Crippen LogP) is 4.91. The van der Waals surface area contributed by atoms with Gasteiger partial charge >= 0.3 is 0 Å². The zero-order valence-electron chi connectivity index (χ0n) is 13.2. The second kappa shape index (κ2) is 6.50. The molecule has 0 spiro atoms. The van der Waals surface area contributed by atoms with Crippen LogP contribution in [-0.4, -0.2) is 9.97 Å². The summed E-state index contributed by atoms with van der Waals surface area (Å²) in [6.45, 7) is 0.645. The molecule has 0 saturated heterocycles. The van der Waals surface area contributed by atoms with Crippen LogP contribution in [0.5, 0.6) is 0 Å². The number of benzene rings is 2. The largest absolute Gasteiger partial charge is 0.364 e. The quantitative estimate of drug-likeness (QED) is 0.582. The number of rotatable bonds is 4. The van der Waals surface area contributed by atoms with Crippen molar-refractivity contribution in [2.45, 2.75) is 6.54 Å². The van der Waals surface area contributed by atoms with Crippen LogP contribution in [0.4, 0.5) is 5.82 Å². The topological polar surface area (TPSA) is 37.8 Å². The van der Waals surface area contributed by atoms with Crippen molar-refractivity contribution in [3.63, 3.8) is 0 Å². The van der Waals surface area contributed by atoms with Gasteiger partial charge in [0.15, 0.2) is 0 Å². The zero-order chi connectivity index (χ0) is 16.2. The van der Waals surface area contributed by atoms with Crippen molar-refractivity contribution in [2.75, 3.05) is 5.32 Å². The Kier molecular flexibility index (Phi) is 3.90. The van der Waals surface area contributed by atoms with Crippen LogP contribution >= 0.6 is 0 Å². The number of nitrogens with one attached hydrogen (secondary N) is 1. The fraction of sp³-hybridized carbons (Fsp3) is 0.0476. The lowest BCUT2D eigenvalue weighted by Gasteiger charge is -2.13. The lowest BCUT2D eigenvalue weighted by atomic mass is 10.0. The number of pyridine rings is 2. The second-order valence-electron chi connectivity index (χ2n) is 5.62. The normalized spacial score (nSPS) is 10.7. The van der Waals surface area contributed by atoms with Gasteiger partial charge in [-0.15, -0.1) is 0 Å². The summed E-state index contributed by atoms with van der Waals surface area (Å²) in [6.07, 6.45) is 1.81. The van der Waals surface area contributed by atoms with Crippen molar-refractivity contribution in [2.24, 2.45) is 0 Å². The van der Waals surface area contributed by atoms with Crippen LogP contribution in [0.1, 0.15) is 5.69 Å². The highest BCUT2D eigenvalue weighted by Gasteiger charge is 2.09. The molecule has 4 aromatic rings. The van der Waals surface area contributed by atoms with Gasteiger partial charge in [0, 0.05) is 17.1 Å². The third-order valence-corrected chi connectivity index (χ3v) is 3.97. The van der Waals surface area contributed by atoms with E-state index in [1.54, 1.807) is 0 Å². The number of aromatic nitrogens is 2. The Balaban J connectivity index is 1.77. The van der Waals surface area contributed by atoms with Crippen molar-refractivity contribution >= 4 is 16.7 Å². The lowest BCUT2D eigenvalue weighted by Crippen LogP contribution is -2.04. The summed E-state index contributed by atoms with van der Waals surface area (Å²) in [5, 5.41) is 4.59. The molecular weight excluding hydrogens is 294 g/mol. The minimum Gasteiger partial charge on any atom is -0.364 e. The number of fused-ring (bicyclic) bond motifs is 1. The first-order valence-electron chi connectivity index (χ1n) is 7.99. The Morgan fingerprint density at radius 3 is 2.42 bits per heavy atom. The molecule has 116 valence electrons. The smallest absolute Gasteiger partial charge is 0.134 e. The van der Waals surface area contributed by atoms with Crippen LogP contribution in [0.2, 0.25) is 0 Å². The Labute approximate surface area is 141 Å². The Hall–Kier alpha value is -3.20. The summed E-state index contributed by atoms with van der Waals surface area (Å²) in [6, 6.07) is 26.7. The highest BCUT2D eigenvalue weighted by atomic mass is 15.0. The van der Waals surface area contributed by atoms with E-state index in [-0.39, 0.29) is 0 Å². The number of nitrogens with zero attached hydrogens (tertiary/aromatic N) is 2. The van der Waals surface area contributed by atoms with E-state index in [4.69, 9.17) is 4.98 Å². The molecule has 3 nitrogen and oxygen atoms in total. The Morgan fingerprint density at radius 1 is 0.792 bits per heavy atom. The predicted molar refractivity (Wildman–Crippen MR) is 98.7 cm³/mol. The molecule has 24 heavy (non-hydrogen) atoms. The first-order valence-corrected chi connectivity index (χ1v) is 7.99. The first-order chi connectivity index (χ1) is 11.9.